The maximum absolute atomic E-state index is 14.1. The van der Waals surface area contributed by atoms with Gasteiger partial charge in [0, 0.05) is 6.54 Å². The lowest BCUT2D eigenvalue weighted by atomic mass is 10.2. The molecule has 0 N–H and O–H groups in total. The zero-order valence-corrected chi connectivity index (χ0v) is 11.9. The first-order chi connectivity index (χ1) is 10.4. The SMILES string of the molecule is [C-]#[N+]c1cc(F)c(-n2nc(CC)c(=O)n(CC)c2=O)cc1F. The fraction of sp³-hybridized carbons (Fsp3) is 0.286. The van der Waals surface area contributed by atoms with Crippen LogP contribution in [0.25, 0.3) is 10.5 Å². The van der Waals surface area contributed by atoms with Crippen molar-refractivity contribution in [3.8, 4) is 5.69 Å². The van der Waals surface area contributed by atoms with Crippen molar-refractivity contribution in [3.05, 3.63) is 61.7 Å². The molecule has 0 aliphatic carbocycles. The van der Waals surface area contributed by atoms with E-state index >= 15 is 0 Å². The highest BCUT2D eigenvalue weighted by atomic mass is 19.1. The van der Waals surface area contributed by atoms with Gasteiger partial charge in [-0.1, -0.05) is 6.92 Å². The highest BCUT2D eigenvalue weighted by Crippen LogP contribution is 2.23. The molecule has 0 saturated heterocycles. The van der Waals surface area contributed by atoms with Gasteiger partial charge >= 0.3 is 5.69 Å². The highest BCUT2D eigenvalue weighted by molar-refractivity contribution is 5.51. The molecular weight excluding hydrogens is 294 g/mol. The van der Waals surface area contributed by atoms with Crippen LogP contribution in [-0.2, 0) is 13.0 Å². The maximum Gasteiger partial charge on any atom is 0.352 e. The van der Waals surface area contributed by atoms with E-state index in [0.29, 0.717) is 10.7 Å². The Kier molecular flexibility index (Phi) is 4.17. The van der Waals surface area contributed by atoms with Gasteiger partial charge in [-0.05, 0) is 25.5 Å². The minimum absolute atomic E-state index is 0.0653. The molecule has 0 bridgehead atoms. The Bertz CT molecular complexity index is 893. The van der Waals surface area contributed by atoms with Gasteiger partial charge in [0.25, 0.3) is 5.56 Å². The summed E-state index contributed by atoms with van der Waals surface area (Å²) in [6.45, 7) is 10.1. The van der Waals surface area contributed by atoms with Crippen LogP contribution in [-0.4, -0.2) is 14.3 Å². The Hall–Kier alpha value is -2.82. The first kappa shape index (κ1) is 15.6. The van der Waals surface area contributed by atoms with E-state index in [1.54, 1.807) is 13.8 Å². The number of aryl methyl sites for hydroxylation is 1. The quantitative estimate of drug-likeness (QED) is 0.813. The number of benzene rings is 1. The molecule has 0 aliphatic rings. The van der Waals surface area contributed by atoms with E-state index in [-0.39, 0.29) is 18.7 Å². The van der Waals surface area contributed by atoms with Crippen molar-refractivity contribution in [3.63, 3.8) is 0 Å². The van der Waals surface area contributed by atoms with E-state index in [9.17, 15) is 18.4 Å². The first-order valence-corrected chi connectivity index (χ1v) is 6.54. The number of rotatable bonds is 3. The summed E-state index contributed by atoms with van der Waals surface area (Å²) in [7, 11) is 0. The smallest absolute Gasteiger partial charge is 0.267 e. The normalized spacial score (nSPS) is 10.5. The monoisotopic (exact) mass is 306 g/mol. The third kappa shape index (κ3) is 2.41. The fourth-order valence-electron chi connectivity index (χ4n) is 1.99. The molecule has 0 spiro atoms. The molecule has 1 aromatic carbocycles. The van der Waals surface area contributed by atoms with Crippen LogP contribution in [0.3, 0.4) is 0 Å². The van der Waals surface area contributed by atoms with Crippen molar-refractivity contribution in [1.82, 2.24) is 14.3 Å². The number of aromatic nitrogens is 3. The summed E-state index contributed by atoms with van der Waals surface area (Å²) >= 11 is 0. The largest absolute Gasteiger partial charge is 0.352 e. The van der Waals surface area contributed by atoms with E-state index in [1.807, 2.05) is 0 Å². The number of nitrogens with zero attached hydrogens (tertiary/aromatic N) is 4. The number of hydrogen-bond donors (Lipinski definition) is 0. The predicted octanol–water partition coefficient (Wildman–Crippen LogP) is 1.81. The van der Waals surface area contributed by atoms with Crippen molar-refractivity contribution < 1.29 is 8.78 Å². The van der Waals surface area contributed by atoms with Crippen LogP contribution < -0.4 is 11.2 Å². The molecule has 1 aromatic heterocycles. The maximum atomic E-state index is 14.1. The van der Waals surface area contributed by atoms with Gasteiger partial charge in [-0.25, -0.2) is 18.4 Å². The van der Waals surface area contributed by atoms with E-state index in [2.05, 4.69) is 9.94 Å². The summed E-state index contributed by atoms with van der Waals surface area (Å²) in [5, 5.41) is 3.81. The summed E-state index contributed by atoms with van der Waals surface area (Å²) in [6.07, 6.45) is 0.239. The minimum Gasteiger partial charge on any atom is -0.267 e. The molecule has 22 heavy (non-hydrogen) atoms. The van der Waals surface area contributed by atoms with Crippen LogP contribution >= 0.6 is 0 Å². The van der Waals surface area contributed by atoms with Gasteiger partial charge in [0.15, 0.2) is 0 Å². The minimum atomic E-state index is -0.967. The lowest BCUT2D eigenvalue weighted by Gasteiger charge is -2.11. The molecule has 0 fully saturated rings. The molecule has 8 heteroatoms. The molecule has 114 valence electrons. The summed E-state index contributed by atoms with van der Waals surface area (Å²) in [5.41, 5.74) is -2.28. The van der Waals surface area contributed by atoms with Gasteiger partial charge in [-0.2, -0.15) is 9.78 Å². The van der Waals surface area contributed by atoms with Gasteiger partial charge in [-0.15, -0.1) is 0 Å². The average Bonchev–Trinajstić information content (AvgIpc) is 2.50. The van der Waals surface area contributed by atoms with Gasteiger partial charge in [0.2, 0.25) is 5.69 Å². The third-order valence-corrected chi connectivity index (χ3v) is 3.14. The van der Waals surface area contributed by atoms with E-state index in [0.717, 1.165) is 10.6 Å². The van der Waals surface area contributed by atoms with Crippen LogP contribution in [0, 0.1) is 18.2 Å². The molecule has 0 unspecified atom stereocenters. The Balaban J connectivity index is 2.85. The molecule has 1 heterocycles. The molecule has 0 aliphatic heterocycles. The summed E-state index contributed by atoms with van der Waals surface area (Å²) < 4.78 is 29.3. The molecule has 0 amide bonds. The Morgan fingerprint density at radius 1 is 1.23 bits per heavy atom. The number of hydrogen-bond acceptors (Lipinski definition) is 3. The van der Waals surface area contributed by atoms with Crippen molar-refractivity contribution in [2.24, 2.45) is 0 Å². The van der Waals surface area contributed by atoms with Crippen LogP contribution in [0.2, 0.25) is 0 Å². The number of halogens is 2. The predicted molar refractivity (Wildman–Crippen MR) is 75.3 cm³/mol. The summed E-state index contributed by atoms with van der Waals surface area (Å²) in [6, 6.07) is 1.42. The molecule has 6 nitrogen and oxygen atoms in total. The van der Waals surface area contributed by atoms with Gasteiger partial charge < -0.3 is 0 Å². The second-order valence-electron chi connectivity index (χ2n) is 4.41. The third-order valence-electron chi connectivity index (χ3n) is 3.14. The zero-order chi connectivity index (χ0) is 16.4. The Morgan fingerprint density at radius 2 is 1.91 bits per heavy atom. The Morgan fingerprint density at radius 3 is 2.45 bits per heavy atom. The van der Waals surface area contributed by atoms with E-state index in [1.165, 1.54) is 0 Å². The lowest BCUT2D eigenvalue weighted by molar-refractivity contribution is 0.547. The van der Waals surface area contributed by atoms with Crippen LogP contribution in [0.15, 0.2) is 21.7 Å². The Labute approximate surface area is 124 Å². The molecular formula is C14H12F2N4O2. The summed E-state index contributed by atoms with van der Waals surface area (Å²) in [5.74, 6) is -1.93. The van der Waals surface area contributed by atoms with E-state index in [4.69, 9.17) is 6.57 Å². The fourth-order valence-corrected chi connectivity index (χ4v) is 1.99. The molecule has 2 aromatic rings. The van der Waals surface area contributed by atoms with Crippen molar-refractivity contribution in [1.29, 1.82) is 0 Å². The van der Waals surface area contributed by atoms with Gasteiger partial charge in [-0.3, -0.25) is 9.36 Å². The standard InChI is InChI=1S/C14H12F2N4O2/c1-4-10-13(21)19(5-2)14(22)20(18-10)12-7-8(15)11(17-3)6-9(12)16/h6-7H,4-5H2,1-2H3. The molecule has 0 saturated carbocycles. The molecule has 0 radical (unpaired) electrons. The van der Waals surface area contributed by atoms with Crippen LogP contribution in [0.4, 0.5) is 14.5 Å². The van der Waals surface area contributed by atoms with Crippen molar-refractivity contribution in [2.45, 2.75) is 26.8 Å². The topological polar surface area (TPSA) is 61.2 Å². The van der Waals surface area contributed by atoms with Gasteiger partial charge in [0.1, 0.15) is 23.0 Å². The molecule has 2 rings (SSSR count). The van der Waals surface area contributed by atoms with Crippen LogP contribution in [0.1, 0.15) is 19.5 Å². The second kappa shape index (κ2) is 5.89. The van der Waals surface area contributed by atoms with Crippen LogP contribution in [0.5, 0.6) is 0 Å². The lowest BCUT2D eigenvalue weighted by Crippen LogP contribution is -2.42. The molecule has 0 atom stereocenters. The average molecular weight is 306 g/mol. The van der Waals surface area contributed by atoms with Crippen molar-refractivity contribution >= 4 is 5.69 Å². The first-order valence-electron chi connectivity index (χ1n) is 6.54. The second-order valence-corrected chi connectivity index (χ2v) is 4.41. The zero-order valence-electron chi connectivity index (χ0n) is 11.9. The summed E-state index contributed by atoms with van der Waals surface area (Å²) in [4.78, 5) is 27.0. The highest BCUT2D eigenvalue weighted by Gasteiger charge is 2.17. The van der Waals surface area contributed by atoms with Gasteiger partial charge in [0.05, 0.1) is 6.57 Å². The van der Waals surface area contributed by atoms with Crippen molar-refractivity contribution in [2.75, 3.05) is 0 Å². The van der Waals surface area contributed by atoms with E-state index < -0.39 is 34.3 Å².